The van der Waals surface area contributed by atoms with Crippen LogP contribution in [0.4, 0.5) is 0 Å². The molecule has 0 bridgehead atoms. The van der Waals surface area contributed by atoms with Crippen LogP contribution in [0, 0.1) is 5.92 Å². The Bertz CT molecular complexity index is 563. The number of carbonyl (C=O) groups is 3. The minimum atomic E-state index is -0.794. The molecule has 2 N–H and O–H groups in total. The lowest BCUT2D eigenvalue weighted by molar-refractivity contribution is -0.146. The van der Waals surface area contributed by atoms with E-state index in [2.05, 4.69) is 23.3 Å². The fourth-order valence-corrected chi connectivity index (χ4v) is 2.27. The summed E-state index contributed by atoms with van der Waals surface area (Å²) in [6.45, 7) is 3.61. The Balaban J connectivity index is 2.89. The van der Waals surface area contributed by atoms with Gasteiger partial charge in [-0.1, -0.05) is 44.2 Å². The van der Waals surface area contributed by atoms with Gasteiger partial charge in [0, 0.05) is 6.42 Å². The second-order valence-corrected chi connectivity index (χ2v) is 6.04. The van der Waals surface area contributed by atoms with Crippen molar-refractivity contribution in [1.82, 2.24) is 10.6 Å². The van der Waals surface area contributed by atoms with Gasteiger partial charge in [-0.05, 0) is 11.5 Å². The molecule has 2 atom stereocenters. The van der Waals surface area contributed by atoms with Gasteiger partial charge in [0.15, 0.2) is 0 Å². The molecule has 0 radical (unpaired) electrons. The molecule has 2 amide bonds. The SMILES string of the molecule is COC(=O)[C@@H](NC(=O)[C@H](Cc1ccccc1)NC(=O)CS)C(C)C. The molecule has 1 aromatic rings. The summed E-state index contributed by atoms with van der Waals surface area (Å²) in [7, 11) is 1.27. The molecule has 132 valence electrons. The number of methoxy groups -OCH3 is 1. The van der Waals surface area contributed by atoms with Crippen LogP contribution >= 0.6 is 12.6 Å². The Hall–Kier alpha value is -2.02. The first kappa shape index (κ1) is 20.0. The lowest BCUT2D eigenvalue weighted by atomic mass is 10.0. The number of esters is 1. The van der Waals surface area contributed by atoms with E-state index in [1.54, 1.807) is 13.8 Å². The van der Waals surface area contributed by atoms with Crippen LogP contribution in [0.1, 0.15) is 19.4 Å². The summed E-state index contributed by atoms with van der Waals surface area (Å²) in [6.07, 6.45) is 0.318. The van der Waals surface area contributed by atoms with E-state index < -0.39 is 24.0 Å². The summed E-state index contributed by atoms with van der Waals surface area (Å²) in [5.41, 5.74) is 0.899. The number of amides is 2. The lowest BCUT2D eigenvalue weighted by Gasteiger charge is -2.24. The summed E-state index contributed by atoms with van der Waals surface area (Å²) in [4.78, 5) is 36.1. The smallest absolute Gasteiger partial charge is 0.328 e. The molecule has 0 saturated carbocycles. The summed E-state index contributed by atoms with van der Waals surface area (Å²) in [5.74, 6) is -1.47. The molecular formula is C17H24N2O4S. The minimum Gasteiger partial charge on any atom is -0.467 e. The molecule has 0 unspecified atom stereocenters. The molecule has 0 aliphatic rings. The third-order valence-electron chi connectivity index (χ3n) is 3.50. The standard InChI is InChI=1S/C17H24N2O4S/c1-11(2)15(17(22)23-3)19-16(21)13(18-14(20)10-24)9-12-7-5-4-6-8-12/h4-8,11,13,15,24H,9-10H2,1-3H3,(H,18,20)(H,19,21)/t13-,15-/m0/s1. The maximum Gasteiger partial charge on any atom is 0.328 e. The molecule has 0 heterocycles. The zero-order valence-electron chi connectivity index (χ0n) is 14.1. The van der Waals surface area contributed by atoms with E-state index in [9.17, 15) is 14.4 Å². The van der Waals surface area contributed by atoms with Gasteiger partial charge in [-0.2, -0.15) is 12.6 Å². The van der Waals surface area contributed by atoms with Gasteiger partial charge in [0.1, 0.15) is 12.1 Å². The van der Waals surface area contributed by atoms with Gasteiger partial charge in [0.25, 0.3) is 0 Å². The predicted molar refractivity (Wildman–Crippen MR) is 94.7 cm³/mol. The molecule has 0 fully saturated rings. The van der Waals surface area contributed by atoms with Crippen molar-refractivity contribution < 1.29 is 19.1 Å². The minimum absolute atomic E-state index is 0.0246. The normalized spacial score (nSPS) is 13.0. The van der Waals surface area contributed by atoms with Gasteiger partial charge < -0.3 is 15.4 Å². The van der Waals surface area contributed by atoms with Crippen molar-refractivity contribution in [3.8, 4) is 0 Å². The average Bonchev–Trinajstić information content (AvgIpc) is 2.58. The fraction of sp³-hybridized carbons (Fsp3) is 0.471. The molecule has 6 nitrogen and oxygen atoms in total. The second-order valence-electron chi connectivity index (χ2n) is 5.72. The monoisotopic (exact) mass is 352 g/mol. The first-order valence-corrected chi connectivity index (χ1v) is 8.34. The maximum atomic E-state index is 12.6. The van der Waals surface area contributed by atoms with E-state index >= 15 is 0 Å². The quantitative estimate of drug-likeness (QED) is 0.481. The highest BCUT2D eigenvalue weighted by Gasteiger charge is 2.29. The highest BCUT2D eigenvalue weighted by Crippen LogP contribution is 2.07. The molecular weight excluding hydrogens is 328 g/mol. The molecule has 0 aliphatic heterocycles. The van der Waals surface area contributed by atoms with Crippen LogP contribution in [0.25, 0.3) is 0 Å². The molecule has 24 heavy (non-hydrogen) atoms. The van der Waals surface area contributed by atoms with E-state index in [0.29, 0.717) is 6.42 Å². The van der Waals surface area contributed by atoms with Crippen LogP contribution in [0.15, 0.2) is 30.3 Å². The van der Waals surface area contributed by atoms with Crippen molar-refractivity contribution in [2.24, 2.45) is 5.92 Å². The number of thiol groups is 1. The number of ether oxygens (including phenoxy) is 1. The number of nitrogens with one attached hydrogen (secondary N) is 2. The van der Waals surface area contributed by atoms with Crippen LogP contribution in [-0.4, -0.2) is 42.7 Å². The van der Waals surface area contributed by atoms with Crippen molar-refractivity contribution in [1.29, 1.82) is 0 Å². The van der Waals surface area contributed by atoms with Crippen LogP contribution < -0.4 is 10.6 Å². The molecule has 1 aromatic carbocycles. The first-order chi connectivity index (χ1) is 11.4. The highest BCUT2D eigenvalue weighted by atomic mass is 32.1. The number of carbonyl (C=O) groups excluding carboxylic acids is 3. The largest absolute Gasteiger partial charge is 0.467 e. The van der Waals surface area contributed by atoms with E-state index in [4.69, 9.17) is 4.74 Å². The van der Waals surface area contributed by atoms with Gasteiger partial charge >= 0.3 is 5.97 Å². The molecule has 0 aromatic heterocycles. The van der Waals surface area contributed by atoms with Crippen LogP contribution in [0.3, 0.4) is 0 Å². The molecule has 0 saturated heterocycles. The highest BCUT2D eigenvalue weighted by molar-refractivity contribution is 7.81. The van der Waals surface area contributed by atoms with E-state index in [1.807, 2.05) is 30.3 Å². The number of rotatable bonds is 8. The summed E-state index contributed by atoms with van der Waals surface area (Å²) < 4.78 is 4.72. The lowest BCUT2D eigenvalue weighted by Crippen LogP contribution is -2.54. The Kier molecular flexibility index (Phi) is 8.32. The maximum absolute atomic E-state index is 12.6. The van der Waals surface area contributed by atoms with Gasteiger partial charge in [0.05, 0.1) is 12.9 Å². The molecule has 1 rings (SSSR count). The van der Waals surface area contributed by atoms with Gasteiger partial charge in [-0.15, -0.1) is 0 Å². The molecule has 0 aliphatic carbocycles. The predicted octanol–water partition coefficient (Wildman–Crippen LogP) is 0.957. The summed E-state index contributed by atoms with van der Waals surface area (Å²) in [5, 5.41) is 5.30. The number of hydrogen-bond acceptors (Lipinski definition) is 5. The third-order valence-corrected chi connectivity index (χ3v) is 3.78. The van der Waals surface area contributed by atoms with Crippen LogP contribution in [0.5, 0.6) is 0 Å². The zero-order chi connectivity index (χ0) is 18.1. The topological polar surface area (TPSA) is 84.5 Å². The van der Waals surface area contributed by atoms with E-state index in [0.717, 1.165) is 5.56 Å². The average molecular weight is 352 g/mol. The van der Waals surface area contributed by atoms with Crippen molar-refractivity contribution in [2.45, 2.75) is 32.4 Å². The molecule has 0 spiro atoms. The van der Waals surface area contributed by atoms with Crippen molar-refractivity contribution in [3.05, 3.63) is 35.9 Å². The van der Waals surface area contributed by atoms with Crippen LogP contribution in [-0.2, 0) is 25.5 Å². The van der Waals surface area contributed by atoms with E-state index in [-0.39, 0.29) is 17.6 Å². The zero-order valence-corrected chi connectivity index (χ0v) is 15.0. The second kappa shape index (κ2) is 9.97. The van der Waals surface area contributed by atoms with Gasteiger partial charge in [-0.25, -0.2) is 4.79 Å². The Morgan fingerprint density at radius 3 is 2.25 bits per heavy atom. The van der Waals surface area contributed by atoms with E-state index in [1.165, 1.54) is 7.11 Å². The third kappa shape index (κ3) is 6.23. The van der Waals surface area contributed by atoms with Crippen LogP contribution in [0.2, 0.25) is 0 Å². The number of benzene rings is 1. The summed E-state index contributed by atoms with van der Waals surface area (Å²) in [6, 6.07) is 7.76. The summed E-state index contributed by atoms with van der Waals surface area (Å²) >= 11 is 3.92. The Morgan fingerprint density at radius 1 is 1.12 bits per heavy atom. The Morgan fingerprint density at radius 2 is 1.75 bits per heavy atom. The van der Waals surface area contributed by atoms with Gasteiger partial charge in [-0.3, -0.25) is 9.59 Å². The fourth-order valence-electron chi connectivity index (χ4n) is 2.18. The molecule has 7 heteroatoms. The Labute approximate surface area is 147 Å². The first-order valence-electron chi connectivity index (χ1n) is 7.71. The van der Waals surface area contributed by atoms with Crippen molar-refractivity contribution in [3.63, 3.8) is 0 Å². The van der Waals surface area contributed by atoms with Gasteiger partial charge in [0.2, 0.25) is 11.8 Å². The van der Waals surface area contributed by atoms with Crippen molar-refractivity contribution in [2.75, 3.05) is 12.9 Å². The number of hydrogen-bond donors (Lipinski definition) is 3. The van der Waals surface area contributed by atoms with Crippen molar-refractivity contribution >= 4 is 30.4 Å².